The number of carbonyl (C=O) groups excluding carboxylic acids is 1. The first-order chi connectivity index (χ1) is 10.6. The Labute approximate surface area is 133 Å². The number of carbonyl (C=O) groups is 2. The largest absolute Gasteiger partial charge is 0.476 e. The van der Waals surface area contributed by atoms with Crippen LogP contribution in [0.15, 0.2) is 29.6 Å². The molecule has 0 saturated heterocycles. The topological polar surface area (TPSA) is 79.3 Å². The van der Waals surface area contributed by atoms with E-state index >= 15 is 0 Å². The Morgan fingerprint density at radius 2 is 1.91 bits per heavy atom. The molecule has 1 aromatic carbocycles. The fourth-order valence-electron chi connectivity index (χ4n) is 1.95. The number of hydrogen-bond donors (Lipinski definition) is 2. The van der Waals surface area contributed by atoms with Crippen molar-refractivity contribution in [2.45, 2.75) is 32.7 Å². The van der Waals surface area contributed by atoms with Crippen molar-refractivity contribution in [2.75, 3.05) is 0 Å². The lowest BCUT2D eigenvalue weighted by Gasteiger charge is -2.04. The van der Waals surface area contributed by atoms with Crippen LogP contribution in [0, 0.1) is 0 Å². The molecule has 6 heteroatoms. The van der Waals surface area contributed by atoms with Crippen molar-refractivity contribution in [1.82, 2.24) is 10.3 Å². The summed E-state index contributed by atoms with van der Waals surface area (Å²) in [4.78, 5) is 26.4. The van der Waals surface area contributed by atoms with Crippen molar-refractivity contribution in [2.24, 2.45) is 0 Å². The van der Waals surface area contributed by atoms with Crippen LogP contribution in [-0.2, 0) is 24.2 Å². The molecule has 0 aliphatic carbocycles. The predicted molar refractivity (Wildman–Crippen MR) is 85.1 cm³/mol. The molecule has 22 heavy (non-hydrogen) atoms. The molecule has 1 aromatic heterocycles. The summed E-state index contributed by atoms with van der Waals surface area (Å²) in [5, 5.41) is 13.6. The highest BCUT2D eigenvalue weighted by Gasteiger charge is 2.09. The molecule has 1 heterocycles. The molecule has 0 aliphatic rings. The molecule has 0 saturated carbocycles. The standard InChI is InChI=1S/C16H18N2O3S/c1-2-11-3-5-12(6-4-11)7-8-14(19)17-9-15-18-13(10-22-15)16(20)21/h3-6,10H,2,7-9H2,1H3,(H,17,19)(H,20,21). The monoisotopic (exact) mass is 318 g/mol. The van der Waals surface area contributed by atoms with Crippen molar-refractivity contribution in [3.8, 4) is 0 Å². The van der Waals surface area contributed by atoms with Gasteiger partial charge in [0.2, 0.25) is 5.91 Å². The highest BCUT2D eigenvalue weighted by atomic mass is 32.1. The van der Waals surface area contributed by atoms with Gasteiger partial charge in [-0.15, -0.1) is 11.3 Å². The lowest BCUT2D eigenvalue weighted by atomic mass is 10.1. The van der Waals surface area contributed by atoms with E-state index in [4.69, 9.17) is 5.11 Å². The Kier molecular flexibility index (Phi) is 5.66. The van der Waals surface area contributed by atoms with Crippen molar-refractivity contribution in [3.63, 3.8) is 0 Å². The second-order valence-corrected chi connectivity index (χ2v) is 5.82. The maximum absolute atomic E-state index is 11.8. The van der Waals surface area contributed by atoms with Crippen LogP contribution >= 0.6 is 11.3 Å². The van der Waals surface area contributed by atoms with E-state index in [-0.39, 0.29) is 18.1 Å². The van der Waals surface area contributed by atoms with E-state index in [1.165, 1.54) is 22.3 Å². The first-order valence-corrected chi connectivity index (χ1v) is 7.98. The average Bonchev–Trinajstić information content (AvgIpc) is 3.00. The molecule has 0 atom stereocenters. The van der Waals surface area contributed by atoms with Gasteiger partial charge < -0.3 is 10.4 Å². The van der Waals surface area contributed by atoms with Crippen LogP contribution in [0.1, 0.15) is 40.0 Å². The van der Waals surface area contributed by atoms with Crippen LogP contribution in [0.3, 0.4) is 0 Å². The van der Waals surface area contributed by atoms with Gasteiger partial charge in [0.25, 0.3) is 0 Å². The van der Waals surface area contributed by atoms with E-state index in [1.807, 2.05) is 12.1 Å². The highest BCUT2D eigenvalue weighted by molar-refractivity contribution is 7.09. The summed E-state index contributed by atoms with van der Waals surface area (Å²) >= 11 is 1.23. The molecule has 0 unspecified atom stereocenters. The van der Waals surface area contributed by atoms with E-state index in [9.17, 15) is 9.59 Å². The molecule has 2 rings (SSSR count). The van der Waals surface area contributed by atoms with E-state index in [1.54, 1.807) is 0 Å². The molecular weight excluding hydrogens is 300 g/mol. The van der Waals surface area contributed by atoms with E-state index in [0.29, 0.717) is 17.8 Å². The number of benzene rings is 1. The Hall–Kier alpha value is -2.21. The van der Waals surface area contributed by atoms with Gasteiger partial charge in [0.05, 0.1) is 6.54 Å². The summed E-state index contributed by atoms with van der Waals surface area (Å²) in [5.41, 5.74) is 2.44. The van der Waals surface area contributed by atoms with Crippen LogP contribution in [-0.4, -0.2) is 22.0 Å². The number of nitrogens with one attached hydrogen (secondary N) is 1. The number of carboxylic acids is 1. The molecule has 2 N–H and O–H groups in total. The maximum atomic E-state index is 11.8. The molecule has 0 bridgehead atoms. The summed E-state index contributed by atoms with van der Waals surface area (Å²) in [7, 11) is 0. The quantitative estimate of drug-likeness (QED) is 0.822. The van der Waals surface area contributed by atoms with Gasteiger partial charge in [-0.05, 0) is 24.0 Å². The van der Waals surface area contributed by atoms with Gasteiger partial charge in [-0.3, -0.25) is 4.79 Å². The smallest absolute Gasteiger partial charge is 0.355 e. The zero-order valence-corrected chi connectivity index (χ0v) is 13.2. The summed E-state index contributed by atoms with van der Waals surface area (Å²) in [5.74, 6) is -1.11. The molecular formula is C16H18N2O3S. The van der Waals surface area contributed by atoms with Crippen molar-refractivity contribution in [3.05, 3.63) is 51.5 Å². The molecule has 0 spiro atoms. The van der Waals surface area contributed by atoms with Gasteiger partial charge in [0.15, 0.2) is 5.69 Å². The molecule has 0 fully saturated rings. The summed E-state index contributed by atoms with van der Waals surface area (Å²) in [6, 6.07) is 8.25. The van der Waals surface area contributed by atoms with E-state index < -0.39 is 5.97 Å². The first-order valence-electron chi connectivity index (χ1n) is 7.10. The second kappa shape index (κ2) is 7.70. The molecule has 0 aliphatic heterocycles. The Morgan fingerprint density at radius 3 is 2.50 bits per heavy atom. The second-order valence-electron chi connectivity index (χ2n) is 4.88. The van der Waals surface area contributed by atoms with Crippen LogP contribution in [0.4, 0.5) is 0 Å². The number of aryl methyl sites for hydroxylation is 2. The van der Waals surface area contributed by atoms with Crippen molar-refractivity contribution < 1.29 is 14.7 Å². The number of nitrogens with zero attached hydrogens (tertiary/aromatic N) is 1. The number of aromatic nitrogens is 1. The fourth-order valence-corrected chi connectivity index (χ4v) is 2.66. The minimum Gasteiger partial charge on any atom is -0.476 e. The maximum Gasteiger partial charge on any atom is 0.355 e. The zero-order chi connectivity index (χ0) is 15.9. The predicted octanol–water partition coefficient (Wildman–Crippen LogP) is 2.65. The van der Waals surface area contributed by atoms with Gasteiger partial charge >= 0.3 is 5.97 Å². The number of rotatable bonds is 7. The summed E-state index contributed by atoms with van der Waals surface area (Å²) in [6.07, 6.45) is 2.10. The van der Waals surface area contributed by atoms with Crippen LogP contribution in [0.25, 0.3) is 0 Å². The lowest BCUT2D eigenvalue weighted by Crippen LogP contribution is -2.23. The van der Waals surface area contributed by atoms with Gasteiger partial charge in [0.1, 0.15) is 5.01 Å². The molecule has 0 radical (unpaired) electrons. The van der Waals surface area contributed by atoms with Gasteiger partial charge in [-0.25, -0.2) is 9.78 Å². The van der Waals surface area contributed by atoms with Gasteiger partial charge in [0, 0.05) is 11.8 Å². The molecule has 1 amide bonds. The molecule has 116 valence electrons. The molecule has 5 nitrogen and oxygen atoms in total. The number of hydrogen-bond acceptors (Lipinski definition) is 4. The fraction of sp³-hybridized carbons (Fsp3) is 0.312. The number of carboxylic acid groups (broad SMARTS) is 1. The lowest BCUT2D eigenvalue weighted by molar-refractivity contribution is -0.121. The van der Waals surface area contributed by atoms with Crippen LogP contribution in [0.2, 0.25) is 0 Å². The van der Waals surface area contributed by atoms with E-state index in [2.05, 4.69) is 29.4 Å². The Balaban J connectivity index is 1.76. The number of thiazole rings is 1. The SMILES string of the molecule is CCc1ccc(CCC(=O)NCc2nc(C(=O)O)cs2)cc1. The highest BCUT2D eigenvalue weighted by Crippen LogP contribution is 2.10. The minimum absolute atomic E-state index is 0.0188. The molecule has 2 aromatic rings. The third-order valence-corrected chi connectivity index (χ3v) is 4.13. The third-order valence-electron chi connectivity index (χ3n) is 3.28. The van der Waals surface area contributed by atoms with Crippen LogP contribution < -0.4 is 5.32 Å². The first kappa shape index (κ1) is 16.2. The Morgan fingerprint density at radius 1 is 1.23 bits per heavy atom. The number of amides is 1. The van der Waals surface area contributed by atoms with Crippen molar-refractivity contribution in [1.29, 1.82) is 0 Å². The Bertz CT molecular complexity index is 650. The zero-order valence-electron chi connectivity index (χ0n) is 12.3. The van der Waals surface area contributed by atoms with Crippen molar-refractivity contribution >= 4 is 23.2 Å². The normalized spacial score (nSPS) is 10.4. The minimum atomic E-state index is -1.05. The number of aromatic carboxylic acids is 1. The van der Waals surface area contributed by atoms with E-state index in [0.717, 1.165) is 12.0 Å². The van der Waals surface area contributed by atoms with Gasteiger partial charge in [-0.2, -0.15) is 0 Å². The third kappa shape index (κ3) is 4.66. The van der Waals surface area contributed by atoms with Crippen LogP contribution in [0.5, 0.6) is 0 Å². The summed E-state index contributed by atoms with van der Waals surface area (Å²) < 4.78 is 0. The summed E-state index contributed by atoms with van der Waals surface area (Å²) in [6.45, 7) is 2.38. The van der Waals surface area contributed by atoms with Gasteiger partial charge in [-0.1, -0.05) is 31.2 Å². The average molecular weight is 318 g/mol.